The van der Waals surface area contributed by atoms with Gasteiger partial charge >= 0.3 is 0 Å². The van der Waals surface area contributed by atoms with Crippen LogP contribution in [0.1, 0.15) is 30.4 Å². The SMILES string of the molecule is COCCNCc1cc(C)ccc1N(C)CC1CCC1. The van der Waals surface area contributed by atoms with Crippen molar-refractivity contribution in [3.05, 3.63) is 29.3 Å². The highest BCUT2D eigenvalue weighted by Gasteiger charge is 2.20. The highest BCUT2D eigenvalue weighted by molar-refractivity contribution is 5.54. The zero-order valence-corrected chi connectivity index (χ0v) is 13.1. The Morgan fingerprint density at radius 3 is 2.80 bits per heavy atom. The van der Waals surface area contributed by atoms with Crippen LogP contribution in [0.15, 0.2) is 18.2 Å². The maximum atomic E-state index is 5.08. The van der Waals surface area contributed by atoms with Crippen LogP contribution in [-0.2, 0) is 11.3 Å². The minimum Gasteiger partial charge on any atom is -0.383 e. The van der Waals surface area contributed by atoms with Gasteiger partial charge in [-0.25, -0.2) is 0 Å². The molecular formula is C17H28N2O. The Labute approximate surface area is 123 Å². The van der Waals surface area contributed by atoms with Crippen LogP contribution in [0.2, 0.25) is 0 Å². The predicted molar refractivity (Wildman–Crippen MR) is 85.4 cm³/mol. The Bertz CT molecular complexity index is 415. The molecule has 3 heteroatoms. The van der Waals surface area contributed by atoms with Crippen molar-refractivity contribution < 1.29 is 4.74 Å². The third kappa shape index (κ3) is 4.22. The van der Waals surface area contributed by atoms with Gasteiger partial charge in [0.15, 0.2) is 0 Å². The summed E-state index contributed by atoms with van der Waals surface area (Å²) in [7, 11) is 3.97. The first-order valence-corrected chi connectivity index (χ1v) is 7.71. The van der Waals surface area contributed by atoms with Gasteiger partial charge in [0, 0.05) is 39.5 Å². The molecule has 1 aliphatic rings. The van der Waals surface area contributed by atoms with Gasteiger partial charge in [-0.05, 0) is 37.3 Å². The lowest BCUT2D eigenvalue weighted by Gasteiger charge is -2.32. The molecule has 0 bridgehead atoms. The Morgan fingerprint density at radius 1 is 1.35 bits per heavy atom. The fourth-order valence-corrected chi connectivity index (χ4v) is 2.79. The van der Waals surface area contributed by atoms with Gasteiger partial charge in [-0.3, -0.25) is 0 Å². The molecule has 1 saturated carbocycles. The van der Waals surface area contributed by atoms with Gasteiger partial charge in [-0.1, -0.05) is 24.1 Å². The van der Waals surface area contributed by atoms with E-state index in [1.165, 1.54) is 42.6 Å². The van der Waals surface area contributed by atoms with Crippen LogP contribution in [0.5, 0.6) is 0 Å². The van der Waals surface area contributed by atoms with E-state index in [1.54, 1.807) is 7.11 Å². The average molecular weight is 276 g/mol. The lowest BCUT2D eigenvalue weighted by molar-refractivity contribution is 0.199. The first-order chi connectivity index (χ1) is 9.70. The molecule has 1 N–H and O–H groups in total. The third-order valence-corrected chi connectivity index (χ3v) is 4.20. The maximum absolute atomic E-state index is 5.08. The van der Waals surface area contributed by atoms with Gasteiger partial charge in [0.1, 0.15) is 0 Å². The summed E-state index contributed by atoms with van der Waals surface area (Å²) in [6.07, 6.45) is 4.22. The molecule has 0 saturated heterocycles. The number of nitrogens with zero attached hydrogens (tertiary/aromatic N) is 1. The topological polar surface area (TPSA) is 24.5 Å². The van der Waals surface area contributed by atoms with Crippen molar-refractivity contribution in [1.82, 2.24) is 5.32 Å². The molecule has 0 heterocycles. The van der Waals surface area contributed by atoms with Gasteiger partial charge in [0.2, 0.25) is 0 Å². The standard InChI is InChI=1S/C17H28N2O/c1-14-7-8-17(19(2)13-15-5-4-6-15)16(11-14)12-18-9-10-20-3/h7-8,11,15,18H,4-6,9-10,12-13H2,1-3H3. The predicted octanol–water partition coefficient (Wildman–Crippen LogP) is 2.97. The van der Waals surface area contributed by atoms with Crippen LogP contribution < -0.4 is 10.2 Å². The number of aryl methyl sites for hydroxylation is 1. The third-order valence-electron chi connectivity index (χ3n) is 4.20. The quantitative estimate of drug-likeness (QED) is 0.739. The summed E-state index contributed by atoms with van der Waals surface area (Å²) in [4.78, 5) is 2.43. The van der Waals surface area contributed by atoms with Crippen molar-refractivity contribution in [3.8, 4) is 0 Å². The normalized spacial score (nSPS) is 15.2. The van der Waals surface area contributed by atoms with E-state index in [4.69, 9.17) is 4.74 Å². The second kappa shape index (κ2) is 7.65. The minimum absolute atomic E-state index is 0.763. The minimum atomic E-state index is 0.763. The lowest BCUT2D eigenvalue weighted by atomic mass is 9.85. The molecule has 0 radical (unpaired) electrons. The monoisotopic (exact) mass is 276 g/mol. The average Bonchev–Trinajstić information content (AvgIpc) is 2.39. The van der Waals surface area contributed by atoms with Crippen molar-refractivity contribution in [1.29, 1.82) is 0 Å². The number of hydrogen-bond donors (Lipinski definition) is 1. The summed E-state index contributed by atoms with van der Waals surface area (Å²) in [5, 5.41) is 3.45. The van der Waals surface area contributed by atoms with Crippen LogP contribution in [0, 0.1) is 12.8 Å². The van der Waals surface area contributed by atoms with Crippen molar-refractivity contribution in [3.63, 3.8) is 0 Å². The number of ether oxygens (including phenoxy) is 1. The van der Waals surface area contributed by atoms with Gasteiger partial charge in [0.05, 0.1) is 6.61 Å². The molecule has 112 valence electrons. The fraction of sp³-hybridized carbons (Fsp3) is 0.647. The highest BCUT2D eigenvalue weighted by Crippen LogP contribution is 2.29. The summed E-state index contributed by atoms with van der Waals surface area (Å²) in [5.41, 5.74) is 4.09. The number of anilines is 1. The summed E-state index contributed by atoms with van der Waals surface area (Å²) in [6, 6.07) is 6.78. The fourth-order valence-electron chi connectivity index (χ4n) is 2.79. The van der Waals surface area contributed by atoms with E-state index in [2.05, 4.69) is 42.4 Å². The molecule has 1 aliphatic carbocycles. The molecule has 0 amide bonds. The zero-order valence-electron chi connectivity index (χ0n) is 13.1. The molecule has 1 aromatic carbocycles. The molecule has 2 rings (SSSR count). The Kier molecular flexibility index (Phi) is 5.86. The molecule has 0 aliphatic heterocycles. The summed E-state index contributed by atoms with van der Waals surface area (Å²) >= 11 is 0. The van der Waals surface area contributed by atoms with E-state index in [1.807, 2.05) is 0 Å². The van der Waals surface area contributed by atoms with Gasteiger partial charge in [0.25, 0.3) is 0 Å². The number of benzene rings is 1. The maximum Gasteiger partial charge on any atom is 0.0587 e. The van der Waals surface area contributed by atoms with E-state index in [-0.39, 0.29) is 0 Å². The molecule has 1 fully saturated rings. The summed E-state index contributed by atoms with van der Waals surface area (Å²) < 4.78 is 5.08. The van der Waals surface area contributed by atoms with Gasteiger partial charge in [-0.2, -0.15) is 0 Å². The van der Waals surface area contributed by atoms with E-state index < -0.39 is 0 Å². The smallest absolute Gasteiger partial charge is 0.0587 e. The van der Waals surface area contributed by atoms with Crippen molar-refractivity contribution in [2.45, 2.75) is 32.7 Å². The van der Waals surface area contributed by atoms with Crippen LogP contribution in [-0.4, -0.2) is 33.9 Å². The first kappa shape index (κ1) is 15.3. The first-order valence-electron chi connectivity index (χ1n) is 7.71. The molecule has 0 spiro atoms. The van der Waals surface area contributed by atoms with Crippen molar-refractivity contribution in [2.75, 3.05) is 38.8 Å². The highest BCUT2D eigenvalue weighted by atomic mass is 16.5. The largest absolute Gasteiger partial charge is 0.383 e. The van der Waals surface area contributed by atoms with Crippen LogP contribution in [0.25, 0.3) is 0 Å². The number of rotatable bonds is 8. The van der Waals surface area contributed by atoms with E-state index in [0.29, 0.717) is 0 Å². The second-order valence-corrected chi connectivity index (χ2v) is 5.98. The van der Waals surface area contributed by atoms with Crippen LogP contribution >= 0.6 is 0 Å². The Balaban J connectivity index is 1.98. The van der Waals surface area contributed by atoms with Crippen LogP contribution in [0.3, 0.4) is 0 Å². The van der Waals surface area contributed by atoms with E-state index >= 15 is 0 Å². The molecule has 3 nitrogen and oxygen atoms in total. The molecule has 0 aromatic heterocycles. The Morgan fingerprint density at radius 2 is 2.15 bits per heavy atom. The number of hydrogen-bond acceptors (Lipinski definition) is 3. The van der Waals surface area contributed by atoms with Crippen molar-refractivity contribution in [2.24, 2.45) is 5.92 Å². The van der Waals surface area contributed by atoms with Gasteiger partial charge in [-0.15, -0.1) is 0 Å². The summed E-state index contributed by atoms with van der Waals surface area (Å²) in [5.74, 6) is 0.899. The zero-order chi connectivity index (χ0) is 14.4. The molecule has 20 heavy (non-hydrogen) atoms. The van der Waals surface area contributed by atoms with E-state index in [0.717, 1.165) is 25.6 Å². The van der Waals surface area contributed by atoms with E-state index in [9.17, 15) is 0 Å². The molecule has 1 aromatic rings. The van der Waals surface area contributed by atoms with Crippen LogP contribution in [0.4, 0.5) is 5.69 Å². The number of methoxy groups -OCH3 is 1. The number of nitrogens with one attached hydrogen (secondary N) is 1. The molecule has 0 atom stereocenters. The molecular weight excluding hydrogens is 248 g/mol. The van der Waals surface area contributed by atoms with Gasteiger partial charge < -0.3 is 15.0 Å². The lowest BCUT2D eigenvalue weighted by Crippen LogP contribution is -2.30. The second-order valence-electron chi connectivity index (χ2n) is 5.98. The summed E-state index contributed by atoms with van der Waals surface area (Å²) in [6.45, 7) is 5.92. The Hall–Kier alpha value is -1.06. The van der Waals surface area contributed by atoms with Crippen molar-refractivity contribution >= 4 is 5.69 Å². The molecule has 0 unspecified atom stereocenters.